The summed E-state index contributed by atoms with van der Waals surface area (Å²) < 4.78 is 6.01. The summed E-state index contributed by atoms with van der Waals surface area (Å²) in [6.07, 6.45) is 2.35. The topological polar surface area (TPSA) is 87.2 Å². The summed E-state index contributed by atoms with van der Waals surface area (Å²) in [6.45, 7) is 4.62. The Morgan fingerprint density at radius 2 is 1.86 bits per heavy atom. The first kappa shape index (κ1) is 21.3. The lowest BCUT2D eigenvalue weighted by Crippen LogP contribution is -2.58. The molecule has 7 heteroatoms. The third kappa shape index (κ3) is 5.56. The van der Waals surface area contributed by atoms with Gasteiger partial charge in [0.2, 0.25) is 11.8 Å². The van der Waals surface area contributed by atoms with Gasteiger partial charge in [-0.25, -0.2) is 0 Å². The van der Waals surface area contributed by atoms with Crippen molar-refractivity contribution in [3.63, 3.8) is 0 Å². The Morgan fingerprint density at radius 3 is 2.52 bits per heavy atom. The summed E-state index contributed by atoms with van der Waals surface area (Å²) in [5.41, 5.74) is 0.688. The van der Waals surface area contributed by atoms with Gasteiger partial charge in [0.15, 0.2) is 0 Å². The van der Waals surface area contributed by atoms with Crippen molar-refractivity contribution < 1.29 is 24.2 Å². The minimum Gasteiger partial charge on any atom is -0.481 e. The van der Waals surface area contributed by atoms with Crippen LogP contribution in [0.25, 0.3) is 0 Å². The number of morpholine rings is 1. The zero-order chi connectivity index (χ0) is 20.9. The van der Waals surface area contributed by atoms with Gasteiger partial charge in [0.1, 0.15) is 6.61 Å². The van der Waals surface area contributed by atoms with Gasteiger partial charge in [-0.2, -0.15) is 0 Å². The van der Waals surface area contributed by atoms with Crippen LogP contribution < -0.4 is 0 Å². The summed E-state index contributed by atoms with van der Waals surface area (Å²) in [6, 6.07) is 9.96. The Labute approximate surface area is 171 Å². The molecule has 2 saturated heterocycles. The van der Waals surface area contributed by atoms with Gasteiger partial charge in [0, 0.05) is 32.5 Å². The molecular formula is C22H30N2O5. The largest absolute Gasteiger partial charge is 0.481 e. The average Bonchev–Trinajstić information content (AvgIpc) is 2.71. The van der Waals surface area contributed by atoms with Crippen LogP contribution in [0.15, 0.2) is 30.3 Å². The number of carbonyl (C=O) groups is 3. The fourth-order valence-electron chi connectivity index (χ4n) is 4.31. The van der Waals surface area contributed by atoms with Crippen LogP contribution in [-0.4, -0.2) is 64.5 Å². The standard InChI is InChI=1S/C22H30N2O5/c1-22(16-24(20(26)15-29-22)14-17-6-3-2-4-7-17)18-10-12-23(13-11-18)19(25)8-5-9-21(27)28/h2-4,6-7,18H,5,8-16H2,1H3,(H,27,28)/t22-/m0/s1. The maximum Gasteiger partial charge on any atom is 0.303 e. The fourth-order valence-corrected chi connectivity index (χ4v) is 4.31. The van der Waals surface area contributed by atoms with Crippen molar-refractivity contribution in [2.75, 3.05) is 26.2 Å². The van der Waals surface area contributed by atoms with Gasteiger partial charge >= 0.3 is 5.97 Å². The van der Waals surface area contributed by atoms with Crippen LogP contribution in [0.3, 0.4) is 0 Å². The number of hydrogen-bond acceptors (Lipinski definition) is 4. The van der Waals surface area contributed by atoms with Gasteiger partial charge in [-0.3, -0.25) is 14.4 Å². The molecule has 0 aromatic heterocycles. The van der Waals surface area contributed by atoms with E-state index in [1.165, 1.54) is 0 Å². The van der Waals surface area contributed by atoms with Gasteiger partial charge in [0.25, 0.3) is 0 Å². The summed E-state index contributed by atoms with van der Waals surface area (Å²) in [7, 11) is 0. The van der Waals surface area contributed by atoms with E-state index in [1.54, 1.807) is 0 Å². The van der Waals surface area contributed by atoms with Crippen LogP contribution in [0, 0.1) is 5.92 Å². The molecule has 1 aromatic rings. The number of likely N-dealkylation sites (tertiary alicyclic amines) is 1. The molecule has 2 aliphatic heterocycles. The predicted molar refractivity (Wildman–Crippen MR) is 107 cm³/mol. The molecule has 1 N–H and O–H groups in total. The minimum atomic E-state index is -0.867. The quantitative estimate of drug-likeness (QED) is 0.756. The molecule has 0 saturated carbocycles. The Morgan fingerprint density at radius 1 is 1.17 bits per heavy atom. The van der Waals surface area contributed by atoms with Crippen molar-refractivity contribution in [1.82, 2.24) is 9.80 Å². The highest BCUT2D eigenvalue weighted by Gasteiger charge is 2.43. The van der Waals surface area contributed by atoms with Crippen molar-refractivity contribution >= 4 is 17.8 Å². The molecule has 7 nitrogen and oxygen atoms in total. The van der Waals surface area contributed by atoms with E-state index in [9.17, 15) is 14.4 Å². The van der Waals surface area contributed by atoms with E-state index in [2.05, 4.69) is 6.92 Å². The average molecular weight is 402 g/mol. The number of carboxylic acids is 1. The minimum absolute atomic E-state index is 0.0115. The van der Waals surface area contributed by atoms with E-state index in [0.717, 1.165) is 18.4 Å². The first-order valence-corrected chi connectivity index (χ1v) is 10.3. The van der Waals surface area contributed by atoms with E-state index in [1.807, 2.05) is 40.1 Å². The summed E-state index contributed by atoms with van der Waals surface area (Å²) in [5, 5.41) is 8.71. The van der Waals surface area contributed by atoms with Gasteiger partial charge in [-0.15, -0.1) is 0 Å². The first-order chi connectivity index (χ1) is 13.9. The Kier molecular flexibility index (Phi) is 6.90. The van der Waals surface area contributed by atoms with Crippen molar-refractivity contribution in [2.45, 2.75) is 51.2 Å². The number of ether oxygens (including phenoxy) is 1. The van der Waals surface area contributed by atoms with Crippen molar-refractivity contribution in [3.8, 4) is 0 Å². The number of rotatable bonds is 7. The molecular weight excluding hydrogens is 372 g/mol. The molecule has 0 aliphatic carbocycles. The number of carboxylic acid groups (broad SMARTS) is 1. The lowest BCUT2D eigenvalue weighted by Gasteiger charge is -2.47. The maximum absolute atomic E-state index is 12.4. The number of nitrogens with zero attached hydrogens (tertiary/aromatic N) is 2. The molecule has 2 heterocycles. The van der Waals surface area contributed by atoms with E-state index in [-0.39, 0.29) is 37.2 Å². The predicted octanol–water partition coefficient (Wildman–Crippen LogP) is 2.30. The number of carbonyl (C=O) groups excluding carboxylic acids is 2. The van der Waals surface area contributed by atoms with Gasteiger partial charge in [-0.1, -0.05) is 30.3 Å². The molecule has 29 heavy (non-hydrogen) atoms. The van der Waals surface area contributed by atoms with Crippen LogP contribution in [0.1, 0.15) is 44.6 Å². The van der Waals surface area contributed by atoms with Gasteiger partial charge in [0.05, 0.1) is 12.1 Å². The Bertz CT molecular complexity index is 730. The summed E-state index contributed by atoms with van der Waals surface area (Å²) in [4.78, 5) is 39.0. The molecule has 2 aliphatic rings. The van der Waals surface area contributed by atoms with E-state index < -0.39 is 11.6 Å². The van der Waals surface area contributed by atoms with Crippen LogP contribution >= 0.6 is 0 Å². The number of aliphatic carboxylic acids is 1. The lowest BCUT2D eigenvalue weighted by molar-refractivity contribution is -0.174. The van der Waals surface area contributed by atoms with Crippen molar-refractivity contribution in [2.24, 2.45) is 5.92 Å². The highest BCUT2D eigenvalue weighted by atomic mass is 16.5. The molecule has 0 radical (unpaired) electrons. The Hall–Kier alpha value is -2.41. The van der Waals surface area contributed by atoms with Crippen molar-refractivity contribution in [1.29, 1.82) is 0 Å². The maximum atomic E-state index is 12.4. The number of hydrogen-bond donors (Lipinski definition) is 1. The molecule has 0 spiro atoms. The molecule has 2 amide bonds. The highest BCUT2D eigenvalue weighted by Crippen LogP contribution is 2.35. The highest BCUT2D eigenvalue weighted by molar-refractivity contribution is 5.78. The fraction of sp³-hybridized carbons (Fsp3) is 0.591. The Balaban J connectivity index is 1.53. The second kappa shape index (κ2) is 9.39. The summed E-state index contributed by atoms with van der Waals surface area (Å²) >= 11 is 0. The van der Waals surface area contributed by atoms with Gasteiger partial charge in [-0.05, 0) is 37.7 Å². The number of amides is 2. The second-order valence-electron chi connectivity index (χ2n) is 8.24. The number of piperidine rings is 1. The zero-order valence-corrected chi connectivity index (χ0v) is 17.0. The van der Waals surface area contributed by atoms with E-state index in [0.29, 0.717) is 32.6 Å². The van der Waals surface area contributed by atoms with Gasteiger partial charge < -0.3 is 19.6 Å². The molecule has 1 atom stereocenters. The smallest absolute Gasteiger partial charge is 0.303 e. The normalized spacial score (nSPS) is 23.3. The molecule has 0 unspecified atom stereocenters. The zero-order valence-electron chi connectivity index (χ0n) is 17.0. The molecule has 1 aromatic carbocycles. The SMILES string of the molecule is C[C@@]1(C2CCN(C(=O)CCCC(=O)O)CC2)CN(Cc2ccccc2)C(=O)CO1. The van der Waals surface area contributed by atoms with E-state index in [4.69, 9.17) is 9.84 Å². The summed E-state index contributed by atoms with van der Waals surface area (Å²) in [5.74, 6) is -0.553. The third-order valence-electron chi connectivity index (χ3n) is 6.09. The first-order valence-electron chi connectivity index (χ1n) is 10.3. The van der Waals surface area contributed by atoms with Crippen LogP contribution in [0.2, 0.25) is 0 Å². The lowest BCUT2D eigenvalue weighted by atomic mass is 9.80. The van der Waals surface area contributed by atoms with Crippen LogP contribution in [0.4, 0.5) is 0 Å². The molecule has 0 bridgehead atoms. The molecule has 2 fully saturated rings. The van der Waals surface area contributed by atoms with Crippen LogP contribution in [0.5, 0.6) is 0 Å². The molecule has 158 valence electrons. The van der Waals surface area contributed by atoms with Crippen molar-refractivity contribution in [3.05, 3.63) is 35.9 Å². The molecule has 3 rings (SSSR count). The third-order valence-corrected chi connectivity index (χ3v) is 6.09. The number of benzene rings is 1. The van der Waals surface area contributed by atoms with Crippen LogP contribution in [-0.2, 0) is 25.7 Å². The monoisotopic (exact) mass is 402 g/mol. The second-order valence-corrected chi connectivity index (χ2v) is 8.24. The van der Waals surface area contributed by atoms with E-state index >= 15 is 0 Å².